The van der Waals surface area contributed by atoms with E-state index in [0.29, 0.717) is 0 Å². The molecule has 0 aliphatic heterocycles. The third-order valence-corrected chi connectivity index (χ3v) is 2.85. The average molecular weight is 236 g/mol. The molecule has 1 aromatic rings. The van der Waals surface area contributed by atoms with E-state index in [2.05, 4.69) is 10.6 Å². The first kappa shape index (κ1) is 13.7. The SMILES string of the molecule is CNC(CO)CC(=O)Nc1ccc(C)c(C)c1. The monoisotopic (exact) mass is 236 g/mol. The summed E-state index contributed by atoms with van der Waals surface area (Å²) in [6, 6.07) is 5.61. The molecule has 3 N–H and O–H groups in total. The van der Waals surface area contributed by atoms with Gasteiger partial charge >= 0.3 is 0 Å². The molecule has 0 aliphatic carbocycles. The van der Waals surface area contributed by atoms with Crippen LogP contribution in [0.5, 0.6) is 0 Å². The molecular weight excluding hydrogens is 216 g/mol. The van der Waals surface area contributed by atoms with E-state index in [1.54, 1.807) is 7.05 Å². The Hall–Kier alpha value is -1.39. The van der Waals surface area contributed by atoms with Crippen molar-refractivity contribution in [3.8, 4) is 0 Å². The summed E-state index contributed by atoms with van der Waals surface area (Å²) in [6.45, 7) is 4.00. The van der Waals surface area contributed by atoms with Gasteiger partial charge in [-0.15, -0.1) is 0 Å². The van der Waals surface area contributed by atoms with Crippen LogP contribution in [0.25, 0.3) is 0 Å². The molecule has 0 radical (unpaired) electrons. The molecular formula is C13H20N2O2. The third kappa shape index (κ3) is 4.17. The smallest absolute Gasteiger partial charge is 0.226 e. The van der Waals surface area contributed by atoms with Gasteiger partial charge in [-0.25, -0.2) is 0 Å². The second kappa shape index (κ2) is 6.37. The average Bonchev–Trinajstić information content (AvgIpc) is 2.31. The zero-order valence-electron chi connectivity index (χ0n) is 10.6. The van der Waals surface area contributed by atoms with Crippen LogP contribution in [0.15, 0.2) is 18.2 Å². The Labute approximate surface area is 102 Å². The van der Waals surface area contributed by atoms with Crippen LogP contribution in [0.3, 0.4) is 0 Å². The summed E-state index contributed by atoms with van der Waals surface area (Å²) in [5.74, 6) is -0.0957. The maximum absolute atomic E-state index is 11.7. The number of aliphatic hydroxyl groups is 1. The number of amides is 1. The van der Waals surface area contributed by atoms with Crippen LogP contribution in [0.1, 0.15) is 17.5 Å². The maximum atomic E-state index is 11.7. The molecule has 1 aromatic carbocycles. The third-order valence-electron chi connectivity index (χ3n) is 2.85. The highest BCUT2D eigenvalue weighted by Crippen LogP contribution is 2.14. The number of rotatable bonds is 5. The normalized spacial score (nSPS) is 12.2. The largest absolute Gasteiger partial charge is 0.395 e. The lowest BCUT2D eigenvalue weighted by atomic mass is 10.1. The standard InChI is InChI=1S/C13H20N2O2/c1-9-4-5-11(6-10(9)2)15-13(17)7-12(8-16)14-3/h4-6,12,14,16H,7-8H2,1-3H3,(H,15,17). The van der Waals surface area contributed by atoms with E-state index >= 15 is 0 Å². The molecule has 4 heteroatoms. The summed E-state index contributed by atoms with van der Waals surface area (Å²) < 4.78 is 0. The second-order valence-electron chi connectivity index (χ2n) is 4.22. The number of aryl methyl sites for hydroxylation is 2. The lowest BCUT2D eigenvalue weighted by Gasteiger charge is -2.13. The van der Waals surface area contributed by atoms with E-state index in [1.807, 2.05) is 32.0 Å². The zero-order valence-corrected chi connectivity index (χ0v) is 10.6. The number of carbonyl (C=O) groups is 1. The number of aliphatic hydroxyl groups excluding tert-OH is 1. The van der Waals surface area contributed by atoms with Gasteiger partial charge in [0.05, 0.1) is 6.61 Å². The van der Waals surface area contributed by atoms with Crippen LogP contribution in [-0.2, 0) is 4.79 Å². The molecule has 1 rings (SSSR count). The van der Waals surface area contributed by atoms with Crippen molar-refractivity contribution in [1.82, 2.24) is 5.32 Å². The Kier molecular flexibility index (Phi) is 5.12. The van der Waals surface area contributed by atoms with E-state index in [9.17, 15) is 4.79 Å². The highest BCUT2D eigenvalue weighted by molar-refractivity contribution is 5.91. The fourth-order valence-corrected chi connectivity index (χ4v) is 1.51. The highest BCUT2D eigenvalue weighted by atomic mass is 16.3. The van der Waals surface area contributed by atoms with Crippen molar-refractivity contribution >= 4 is 11.6 Å². The van der Waals surface area contributed by atoms with Crippen LogP contribution in [0.2, 0.25) is 0 Å². The number of hydrogen-bond donors (Lipinski definition) is 3. The number of hydrogen-bond acceptors (Lipinski definition) is 3. The van der Waals surface area contributed by atoms with Gasteiger partial charge in [-0.2, -0.15) is 0 Å². The van der Waals surface area contributed by atoms with E-state index in [1.165, 1.54) is 5.56 Å². The second-order valence-corrected chi connectivity index (χ2v) is 4.22. The Bertz CT molecular complexity index is 387. The van der Waals surface area contributed by atoms with E-state index < -0.39 is 0 Å². The predicted molar refractivity (Wildman–Crippen MR) is 69.1 cm³/mol. The molecule has 0 fully saturated rings. The van der Waals surface area contributed by atoms with Crippen molar-refractivity contribution in [2.45, 2.75) is 26.3 Å². The van der Waals surface area contributed by atoms with Crippen molar-refractivity contribution < 1.29 is 9.90 Å². The Morgan fingerprint density at radius 1 is 1.35 bits per heavy atom. The molecule has 0 heterocycles. The Morgan fingerprint density at radius 3 is 2.59 bits per heavy atom. The fraction of sp³-hybridized carbons (Fsp3) is 0.462. The van der Waals surface area contributed by atoms with Gasteiger partial charge in [0.25, 0.3) is 0 Å². The first-order chi connectivity index (χ1) is 8.06. The lowest BCUT2D eigenvalue weighted by molar-refractivity contribution is -0.116. The van der Waals surface area contributed by atoms with Gasteiger partial charge in [0.1, 0.15) is 0 Å². The molecule has 1 amide bonds. The van der Waals surface area contributed by atoms with Crippen molar-refractivity contribution in [2.75, 3.05) is 19.0 Å². The topological polar surface area (TPSA) is 61.4 Å². The molecule has 0 aliphatic rings. The minimum atomic E-state index is -0.193. The van der Waals surface area contributed by atoms with Gasteiger partial charge in [-0.3, -0.25) is 4.79 Å². The minimum absolute atomic E-state index is 0.0448. The first-order valence-corrected chi connectivity index (χ1v) is 5.72. The van der Waals surface area contributed by atoms with Gasteiger partial charge in [0.15, 0.2) is 0 Å². The minimum Gasteiger partial charge on any atom is -0.395 e. The summed E-state index contributed by atoms with van der Waals surface area (Å²) in [7, 11) is 1.73. The fourth-order valence-electron chi connectivity index (χ4n) is 1.51. The van der Waals surface area contributed by atoms with Gasteiger partial charge in [-0.05, 0) is 44.2 Å². The summed E-state index contributed by atoms with van der Waals surface area (Å²) >= 11 is 0. The molecule has 0 aromatic heterocycles. The van der Waals surface area contributed by atoms with Gasteiger partial charge in [0.2, 0.25) is 5.91 Å². The van der Waals surface area contributed by atoms with E-state index in [-0.39, 0.29) is 25.0 Å². The number of likely N-dealkylation sites (N-methyl/N-ethyl adjacent to an activating group) is 1. The predicted octanol–water partition coefficient (Wildman–Crippen LogP) is 1.21. The quantitative estimate of drug-likeness (QED) is 0.720. The van der Waals surface area contributed by atoms with Crippen molar-refractivity contribution in [1.29, 1.82) is 0 Å². The van der Waals surface area contributed by atoms with Crippen molar-refractivity contribution in [3.05, 3.63) is 29.3 Å². The molecule has 4 nitrogen and oxygen atoms in total. The number of benzene rings is 1. The Balaban J connectivity index is 2.58. The summed E-state index contributed by atoms with van der Waals surface area (Å²) in [6.07, 6.45) is 0.264. The molecule has 94 valence electrons. The van der Waals surface area contributed by atoms with Crippen LogP contribution < -0.4 is 10.6 Å². The van der Waals surface area contributed by atoms with Gasteiger partial charge in [0, 0.05) is 18.2 Å². The molecule has 1 unspecified atom stereocenters. The summed E-state index contributed by atoms with van der Waals surface area (Å²) in [4.78, 5) is 11.7. The number of carbonyl (C=O) groups excluding carboxylic acids is 1. The number of nitrogens with one attached hydrogen (secondary N) is 2. The molecule has 17 heavy (non-hydrogen) atoms. The lowest BCUT2D eigenvalue weighted by Crippen LogP contribution is -2.33. The summed E-state index contributed by atoms with van der Waals surface area (Å²) in [5.41, 5.74) is 3.15. The molecule has 0 spiro atoms. The summed E-state index contributed by atoms with van der Waals surface area (Å²) in [5, 5.41) is 14.7. The van der Waals surface area contributed by atoms with Crippen molar-refractivity contribution in [2.24, 2.45) is 0 Å². The highest BCUT2D eigenvalue weighted by Gasteiger charge is 2.10. The maximum Gasteiger partial charge on any atom is 0.226 e. The molecule has 0 saturated carbocycles. The van der Waals surface area contributed by atoms with E-state index in [0.717, 1.165) is 11.3 Å². The van der Waals surface area contributed by atoms with Crippen LogP contribution in [0.4, 0.5) is 5.69 Å². The first-order valence-electron chi connectivity index (χ1n) is 5.72. The molecule has 0 bridgehead atoms. The van der Waals surface area contributed by atoms with Crippen molar-refractivity contribution in [3.63, 3.8) is 0 Å². The molecule has 0 saturated heterocycles. The molecule has 1 atom stereocenters. The number of anilines is 1. The van der Waals surface area contributed by atoms with Crippen LogP contribution >= 0.6 is 0 Å². The van der Waals surface area contributed by atoms with Crippen LogP contribution in [0, 0.1) is 13.8 Å². The van der Waals surface area contributed by atoms with Gasteiger partial charge in [-0.1, -0.05) is 6.07 Å². The van der Waals surface area contributed by atoms with Gasteiger partial charge < -0.3 is 15.7 Å². The zero-order chi connectivity index (χ0) is 12.8. The van der Waals surface area contributed by atoms with E-state index in [4.69, 9.17) is 5.11 Å². The Morgan fingerprint density at radius 2 is 2.06 bits per heavy atom. The van der Waals surface area contributed by atoms with Crippen LogP contribution in [-0.4, -0.2) is 30.7 Å².